The number of ether oxygens (including phenoxy) is 1. The molecule has 6 nitrogen and oxygen atoms in total. The third kappa shape index (κ3) is 5.19. The molecule has 0 aliphatic carbocycles. The molecule has 0 bridgehead atoms. The minimum Gasteiger partial charge on any atom is -0.496 e. The first kappa shape index (κ1) is 18.7. The number of sulfonamides is 1. The highest BCUT2D eigenvalue weighted by atomic mass is 127. The summed E-state index contributed by atoms with van der Waals surface area (Å²) in [5.41, 5.74) is 0. The highest BCUT2D eigenvalue weighted by Crippen LogP contribution is 2.29. The summed E-state index contributed by atoms with van der Waals surface area (Å²) in [5, 5.41) is 8.15. The SMILES string of the molecule is COc1ccc(S(=O)(=O)Nc2nnc(SCC(C)C)s2)cc1I. The Bertz CT molecular complexity index is 778. The summed E-state index contributed by atoms with van der Waals surface area (Å²) in [6.45, 7) is 4.23. The van der Waals surface area contributed by atoms with Gasteiger partial charge in [-0.1, -0.05) is 36.9 Å². The quantitative estimate of drug-likeness (QED) is 0.476. The van der Waals surface area contributed by atoms with E-state index in [2.05, 4.69) is 28.8 Å². The molecule has 23 heavy (non-hydrogen) atoms. The van der Waals surface area contributed by atoms with E-state index in [9.17, 15) is 8.42 Å². The second-order valence-corrected chi connectivity index (χ2v) is 10.1. The van der Waals surface area contributed by atoms with Crippen molar-refractivity contribution in [2.45, 2.75) is 23.1 Å². The van der Waals surface area contributed by atoms with Crippen LogP contribution in [0.1, 0.15) is 13.8 Å². The molecule has 0 aliphatic heterocycles. The number of nitrogens with zero attached hydrogens (tertiary/aromatic N) is 2. The van der Waals surface area contributed by atoms with Gasteiger partial charge in [0, 0.05) is 5.75 Å². The van der Waals surface area contributed by atoms with Gasteiger partial charge >= 0.3 is 0 Å². The number of aromatic nitrogens is 2. The maximum absolute atomic E-state index is 12.4. The minimum absolute atomic E-state index is 0.161. The van der Waals surface area contributed by atoms with Gasteiger partial charge < -0.3 is 4.74 Å². The molecule has 1 heterocycles. The Morgan fingerprint density at radius 1 is 1.39 bits per heavy atom. The zero-order chi connectivity index (χ0) is 17.0. The van der Waals surface area contributed by atoms with Crippen LogP contribution in [0.5, 0.6) is 5.75 Å². The van der Waals surface area contributed by atoms with Crippen LogP contribution in [0.25, 0.3) is 0 Å². The van der Waals surface area contributed by atoms with Crippen molar-refractivity contribution in [3.63, 3.8) is 0 Å². The van der Waals surface area contributed by atoms with Crippen LogP contribution in [0.15, 0.2) is 27.4 Å². The minimum atomic E-state index is -3.69. The van der Waals surface area contributed by atoms with Crippen LogP contribution in [0.3, 0.4) is 0 Å². The van der Waals surface area contributed by atoms with E-state index in [1.165, 1.54) is 17.4 Å². The first-order valence-electron chi connectivity index (χ1n) is 6.64. The summed E-state index contributed by atoms with van der Waals surface area (Å²) < 4.78 is 33.9. The maximum atomic E-state index is 12.4. The standard InChI is InChI=1S/C13H16IN3O3S3/c1-8(2)7-21-13-16-15-12(22-13)17-23(18,19)9-4-5-11(20-3)10(14)6-9/h4-6,8H,7H2,1-3H3,(H,15,17). The number of hydrogen-bond acceptors (Lipinski definition) is 7. The van der Waals surface area contributed by atoms with Gasteiger partial charge in [-0.25, -0.2) is 8.42 Å². The lowest BCUT2D eigenvalue weighted by Crippen LogP contribution is -2.13. The van der Waals surface area contributed by atoms with Gasteiger partial charge in [0.05, 0.1) is 15.6 Å². The van der Waals surface area contributed by atoms with Crippen LogP contribution in [0, 0.1) is 9.49 Å². The molecule has 1 aromatic heterocycles. The fourth-order valence-electron chi connectivity index (χ4n) is 1.54. The third-order valence-electron chi connectivity index (χ3n) is 2.60. The predicted molar refractivity (Wildman–Crippen MR) is 102 cm³/mol. The summed E-state index contributed by atoms with van der Waals surface area (Å²) >= 11 is 4.84. The number of hydrogen-bond donors (Lipinski definition) is 1. The lowest BCUT2D eigenvalue weighted by molar-refractivity contribution is 0.411. The normalized spacial score (nSPS) is 11.7. The summed E-state index contributed by atoms with van der Waals surface area (Å²) in [7, 11) is -2.15. The fraction of sp³-hybridized carbons (Fsp3) is 0.385. The molecule has 0 unspecified atom stereocenters. The molecular formula is C13H16IN3O3S3. The maximum Gasteiger partial charge on any atom is 0.263 e. The van der Waals surface area contributed by atoms with Gasteiger partial charge in [0.25, 0.3) is 10.0 Å². The Kier molecular flexibility index (Phi) is 6.51. The van der Waals surface area contributed by atoms with Crippen LogP contribution in [0.2, 0.25) is 0 Å². The first-order valence-corrected chi connectivity index (χ1v) is 11.0. The molecule has 1 N–H and O–H groups in total. The van der Waals surface area contributed by atoms with E-state index in [0.717, 1.165) is 13.7 Å². The van der Waals surface area contributed by atoms with E-state index in [1.54, 1.807) is 31.0 Å². The monoisotopic (exact) mass is 485 g/mol. The molecule has 0 saturated heterocycles. The number of anilines is 1. The number of benzene rings is 1. The van der Waals surface area contributed by atoms with Crippen molar-refractivity contribution in [3.05, 3.63) is 21.8 Å². The number of halogens is 1. The van der Waals surface area contributed by atoms with Crippen LogP contribution in [-0.2, 0) is 10.0 Å². The second-order valence-electron chi connectivity index (χ2n) is 4.98. The molecule has 0 saturated carbocycles. The van der Waals surface area contributed by atoms with Crippen molar-refractivity contribution in [1.82, 2.24) is 10.2 Å². The second kappa shape index (κ2) is 7.99. The molecule has 0 fully saturated rings. The third-order valence-corrected chi connectivity index (χ3v) is 7.31. The summed E-state index contributed by atoms with van der Waals surface area (Å²) in [6, 6.07) is 4.68. The van der Waals surface area contributed by atoms with Crippen molar-refractivity contribution in [3.8, 4) is 5.75 Å². The molecular weight excluding hydrogens is 469 g/mol. The average Bonchev–Trinajstić information content (AvgIpc) is 2.91. The van der Waals surface area contributed by atoms with Gasteiger partial charge in [-0.15, -0.1) is 10.2 Å². The zero-order valence-electron chi connectivity index (χ0n) is 12.7. The predicted octanol–water partition coefficient (Wildman–Crippen LogP) is 3.70. The van der Waals surface area contributed by atoms with Crippen molar-refractivity contribution in [2.75, 3.05) is 17.6 Å². The Morgan fingerprint density at radius 2 is 2.13 bits per heavy atom. The average molecular weight is 485 g/mol. The molecule has 0 aliphatic rings. The highest BCUT2D eigenvalue weighted by molar-refractivity contribution is 14.1. The topological polar surface area (TPSA) is 81.2 Å². The van der Waals surface area contributed by atoms with Gasteiger partial charge in [0.2, 0.25) is 5.13 Å². The Balaban J connectivity index is 2.13. The van der Waals surface area contributed by atoms with Crippen LogP contribution >= 0.6 is 45.7 Å². The van der Waals surface area contributed by atoms with Crippen molar-refractivity contribution in [2.24, 2.45) is 5.92 Å². The van der Waals surface area contributed by atoms with Crippen molar-refractivity contribution >= 4 is 60.8 Å². The summed E-state index contributed by atoms with van der Waals surface area (Å²) in [4.78, 5) is 0.161. The van der Waals surface area contributed by atoms with E-state index in [-0.39, 0.29) is 10.0 Å². The van der Waals surface area contributed by atoms with Gasteiger partial charge in [0.15, 0.2) is 4.34 Å². The van der Waals surface area contributed by atoms with Gasteiger partial charge in [-0.3, -0.25) is 4.72 Å². The van der Waals surface area contributed by atoms with Crippen LogP contribution in [0.4, 0.5) is 5.13 Å². The molecule has 0 spiro atoms. The van der Waals surface area contributed by atoms with Crippen molar-refractivity contribution in [1.29, 1.82) is 0 Å². The molecule has 0 atom stereocenters. The van der Waals surface area contributed by atoms with Gasteiger partial charge in [-0.2, -0.15) is 0 Å². The molecule has 0 radical (unpaired) electrons. The fourth-order valence-corrected chi connectivity index (χ4v) is 5.47. The van der Waals surface area contributed by atoms with E-state index in [4.69, 9.17) is 4.74 Å². The molecule has 2 aromatic rings. The molecule has 0 amide bonds. The Labute approximate surface area is 157 Å². The smallest absolute Gasteiger partial charge is 0.263 e. The van der Waals surface area contributed by atoms with Crippen molar-refractivity contribution < 1.29 is 13.2 Å². The summed E-state index contributed by atoms with van der Waals surface area (Å²) in [5.74, 6) is 2.08. The Hall–Kier alpha value is -0.590. The summed E-state index contributed by atoms with van der Waals surface area (Å²) in [6.07, 6.45) is 0. The van der Waals surface area contributed by atoms with E-state index in [1.807, 2.05) is 22.6 Å². The van der Waals surface area contributed by atoms with Crippen LogP contribution < -0.4 is 9.46 Å². The lowest BCUT2D eigenvalue weighted by Gasteiger charge is -2.07. The van der Waals surface area contributed by atoms with E-state index in [0.29, 0.717) is 11.7 Å². The van der Waals surface area contributed by atoms with Gasteiger partial charge in [-0.05, 0) is 46.7 Å². The molecule has 2 rings (SSSR count). The van der Waals surface area contributed by atoms with Crippen LogP contribution in [-0.4, -0.2) is 31.5 Å². The first-order chi connectivity index (χ1) is 10.8. The zero-order valence-corrected chi connectivity index (χ0v) is 17.3. The largest absolute Gasteiger partial charge is 0.496 e. The Morgan fingerprint density at radius 3 is 2.74 bits per heavy atom. The van der Waals surface area contributed by atoms with E-state index < -0.39 is 10.0 Å². The number of methoxy groups -OCH3 is 1. The number of thioether (sulfide) groups is 1. The molecule has 126 valence electrons. The molecule has 10 heteroatoms. The highest BCUT2D eigenvalue weighted by Gasteiger charge is 2.18. The van der Waals surface area contributed by atoms with E-state index >= 15 is 0 Å². The lowest BCUT2D eigenvalue weighted by atomic mass is 10.3. The molecule has 1 aromatic carbocycles. The number of rotatable bonds is 7. The van der Waals surface area contributed by atoms with Gasteiger partial charge in [0.1, 0.15) is 5.75 Å². The number of nitrogens with one attached hydrogen (secondary N) is 1.